The standard InChI is InChI=1S/C23H25FN4O2S/c1-2-16-5-11-19(12-6-16)25-21(29)15-31-23-27-26-22(17-7-9-18(24)10-8-17)28(23)14-20-4-3-13-30-20/h5-12,20H,2-4,13-15H2,1H3,(H,25,29). The van der Waals surface area contributed by atoms with Gasteiger partial charge in [-0.3, -0.25) is 9.36 Å². The van der Waals surface area contributed by atoms with E-state index in [9.17, 15) is 9.18 Å². The summed E-state index contributed by atoms with van der Waals surface area (Å²) in [4.78, 5) is 12.5. The maximum absolute atomic E-state index is 13.4. The first-order valence-electron chi connectivity index (χ1n) is 10.4. The summed E-state index contributed by atoms with van der Waals surface area (Å²) >= 11 is 1.33. The maximum atomic E-state index is 13.4. The van der Waals surface area contributed by atoms with Gasteiger partial charge in [-0.05, 0) is 61.2 Å². The number of hydrogen-bond donors (Lipinski definition) is 1. The summed E-state index contributed by atoms with van der Waals surface area (Å²) in [7, 11) is 0. The molecule has 2 heterocycles. The highest BCUT2D eigenvalue weighted by molar-refractivity contribution is 7.99. The fourth-order valence-electron chi connectivity index (χ4n) is 3.52. The topological polar surface area (TPSA) is 69.0 Å². The number of benzene rings is 2. The number of amides is 1. The molecule has 1 aliphatic rings. The van der Waals surface area contributed by atoms with Crippen molar-refractivity contribution in [2.24, 2.45) is 0 Å². The number of hydrogen-bond acceptors (Lipinski definition) is 5. The van der Waals surface area contributed by atoms with Gasteiger partial charge in [0.15, 0.2) is 11.0 Å². The number of carbonyl (C=O) groups excluding carboxylic acids is 1. The van der Waals surface area contributed by atoms with Crippen LogP contribution < -0.4 is 5.32 Å². The summed E-state index contributed by atoms with van der Waals surface area (Å²) < 4.78 is 21.1. The molecule has 1 saturated heterocycles. The molecule has 0 radical (unpaired) electrons. The van der Waals surface area contributed by atoms with Crippen molar-refractivity contribution < 1.29 is 13.9 Å². The third-order valence-electron chi connectivity index (χ3n) is 5.21. The predicted octanol–water partition coefficient (Wildman–Crippen LogP) is 4.56. The van der Waals surface area contributed by atoms with Gasteiger partial charge in [0.05, 0.1) is 18.4 Å². The fourth-order valence-corrected chi connectivity index (χ4v) is 4.26. The Morgan fingerprint density at radius 3 is 2.65 bits per heavy atom. The summed E-state index contributed by atoms with van der Waals surface area (Å²) in [5.74, 6) is 0.452. The molecule has 0 aliphatic carbocycles. The number of thioether (sulfide) groups is 1. The lowest BCUT2D eigenvalue weighted by Gasteiger charge is -2.14. The van der Waals surface area contributed by atoms with E-state index in [1.807, 2.05) is 28.8 Å². The van der Waals surface area contributed by atoms with Crippen molar-refractivity contribution in [3.8, 4) is 11.4 Å². The third-order valence-corrected chi connectivity index (χ3v) is 6.17. The Kier molecular flexibility index (Phi) is 6.99. The van der Waals surface area contributed by atoms with Gasteiger partial charge in [0.25, 0.3) is 0 Å². The maximum Gasteiger partial charge on any atom is 0.234 e. The van der Waals surface area contributed by atoms with Crippen molar-refractivity contribution in [3.05, 3.63) is 59.9 Å². The normalized spacial score (nSPS) is 15.9. The van der Waals surface area contributed by atoms with Crippen LogP contribution in [0, 0.1) is 5.82 Å². The van der Waals surface area contributed by atoms with Gasteiger partial charge >= 0.3 is 0 Å². The Morgan fingerprint density at radius 2 is 1.97 bits per heavy atom. The summed E-state index contributed by atoms with van der Waals surface area (Å²) in [6.45, 7) is 3.44. The number of aromatic nitrogens is 3. The number of carbonyl (C=O) groups is 1. The minimum atomic E-state index is -0.299. The largest absolute Gasteiger partial charge is 0.376 e. The smallest absolute Gasteiger partial charge is 0.234 e. The zero-order chi connectivity index (χ0) is 21.6. The molecule has 1 unspecified atom stereocenters. The average Bonchev–Trinajstić information content (AvgIpc) is 3.44. The molecule has 162 valence electrons. The van der Waals surface area contributed by atoms with E-state index in [1.165, 1.54) is 29.5 Å². The second-order valence-corrected chi connectivity index (χ2v) is 8.39. The van der Waals surface area contributed by atoms with Gasteiger partial charge in [-0.2, -0.15) is 0 Å². The molecule has 8 heteroatoms. The van der Waals surface area contributed by atoms with E-state index >= 15 is 0 Å². The Hall–Kier alpha value is -2.71. The lowest BCUT2D eigenvalue weighted by atomic mass is 10.1. The van der Waals surface area contributed by atoms with Gasteiger partial charge in [-0.25, -0.2) is 4.39 Å². The second-order valence-electron chi connectivity index (χ2n) is 7.45. The molecule has 0 saturated carbocycles. The van der Waals surface area contributed by atoms with E-state index in [2.05, 4.69) is 22.4 Å². The Bertz CT molecular complexity index is 1020. The Morgan fingerprint density at radius 1 is 1.19 bits per heavy atom. The molecule has 31 heavy (non-hydrogen) atoms. The van der Waals surface area contributed by atoms with Crippen LogP contribution in [0.15, 0.2) is 53.7 Å². The van der Waals surface area contributed by atoms with Crippen molar-refractivity contribution in [2.75, 3.05) is 17.7 Å². The summed E-state index contributed by atoms with van der Waals surface area (Å²) in [5.41, 5.74) is 2.78. The van der Waals surface area contributed by atoms with Crippen LogP contribution in [0.4, 0.5) is 10.1 Å². The lowest BCUT2D eigenvalue weighted by Crippen LogP contribution is -2.18. The Balaban J connectivity index is 1.47. The number of nitrogens with zero attached hydrogens (tertiary/aromatic N) is 3. The quantitative estimate of drug-likeness (QED) is 0.520. The Labute approximate surface area is 185 Å². The molecule has 1 atom stereocenters. The van der Waals surface area contributed by atoms with E-state index in [0.29, 0.717) is 17.5 Å². The lowest BCUT2D eigenvalue weighted by molar-refractivity contribution is -0.113. The minimum absolute atomic E-state index is 0.0838. The predicted molar refractivity (Wildman–Crippen MR) is 120 cm³/mol. The molecule has 1 aromatic heterocycles. The molecule has 6 nitrogen and oxygen atoms in total. The molecular formula is C23H25FN4O2S. The van der Waals surface area contributed by atoms with Crippen molar-refractivity contribution in [2.45, 2.75) is 44.0 Å². The molecule has 1 N–H and O–H groups in total. The van der Waals surface area contributed by atoms with Gasteiger partial charge in [0.2, 0.25) is 5.91 Å². The van der Waals surface area contributed by atoms with E-state index in [4.69, 9.17) is 4.74 Å². The highest BCUT2D eigenvalue weighted by Gasteiger charge is 2.22. The molecule has 4 rings (SSSR count). The zero-order valence-corrected chi connectivity index (χ0v) is 18.2. The number of ether oxygens (including phenoxy) is 1. The minimum Gasteiger partial charge on any atom is -0.376 e. The molecule has 2 aromatic carbocycles. The molecule has 0 spiro atoms. The summed E-state index contributed by atoms with van der Waals surface area (Å²) in [5, 5.41) is 12.2. The monoisotopic (exact) mass is 440 g/mol. The zero-order valence-electron chi connectivity index (χ0n) is 17.4. The molecular weight excluding hydrogens is 415 g/mol. The van der Waals surface area contributed by atoms with E-state index in [1.54, 1.807) is 12.1 Å². The van der Waals surface area contributed by atoms with Crippen molar-refractivity contribution in [1.29, 1.82) is 0 Å². The third kappa shape index (κ3) is 5.51. The molecule has 1 fully saturated rings. The number of nitrogens with one attached hydrogen (secondary N) is 1. The first-order valence-corrected chi connectivity index (χ1v) is 11.4. The molecule has 1 amide bonds. The summed E-state index contributed by atoms with van der Waals surface area (Å²) in [6.07, 6.45) is 3.04. The van der Waals surface area contributed by atoms with Crippen LogP contribution in [0.2, 0.25) is 0 Å². The molecule has 0 bridgehead atoms. The first kappa shape index (κ1) is 21.5. The van der Waals surface area contributed by atoms with Crippen LogP contribution in [-0.4, -0.2) is 39.1 Å². The van der Waals surface area contributed by atoms with E-state index < -0.39 is 0 Å². The van der Waals surface area contributed by atoms with Crippen molar-refractivity contribution >= 4 is 23.4 Å². The SMILES string of the molecule is CCc1ccc(NC(=O)CSc2nnc(-c3ccc(F)cc3)n2CC2CCCO2)cc1. The van der Waals surface area contributed by atoms with E-state index in [0.717, 1.165) is 37.1 Å². The van der Waals surface area contributed by atoms with Gasteiger partial charge in [-0.1, -0.05) is 30.8 Å². The van der Waals surface area contributed by atoms with Crippen molar-refractivity contribution in [3.63, 3.8) is 0 Å². The van der Waals surface area contributed by atoms with Gasteiger partial charge < -0.3 is 10.1 Å². The molecule has 1 aliphatic heterocycles. The van der Waals surface area contributed by atoms with Gasteiger partial charge in [0.1, 0.15) is 5.82 Å². The molecule has 3 aromatic rings. The van der Waals surface area contributed by atoms with E-state index in [-0.39, 0.29) is 23.6 Å². The summed E-state index contributed by atoms with van der Waals surface area (Å²) in [6, 6.07) is 14.0. The average molecular weight is 441 g/mol. The number of halogens is 1. The van der Waals surface area contributed by atoms with Crippen LogP contribution in [0.25, 0.3) is 11.4 Å². The van der Waals surface area contributed by atoms with Crippen LogP contribution >= 0.6 is 11.8 Å². The van der Waals surface area contributed by atoms with Gasteiger partial charge in [0, 0.05) is 17.9 Å². The second kappa shape index (κ2) is 10.1. The highest BCUT2D eigenvalue weighted by Crippen LogP contribution is 2.27. The first-order chi connectivity index (χ1) is 15.1. The van der Waals surface area contributed by atoms with Crippen molar-refractivity contribution in [1.82, 2.24) is 14.8 Å². The van der Waals surface area contributed by atoms with Crippen LogP contribution in [0.1, 0.15) is 25.3 Å². The van der Waals surface area contributed by atoms with Crippen LogP contribution in [0.5, 0.6) is 0 Å². The number of anilines is 1. The fraction of sp³-hybridized carbons (Fsp3) is 0.348. The van der Waals surface area contributed by atoms with Gasteiger partial charge in [-0.15, -0.1) is 10.2 Å². The van der Waals surface area contributed by atoms with Crippen LogP contribution in [0.3, 0.4) is 0 Å². The number of rotatable bonds is 8. The van der Waals surface area contributed by atoms with Crippen LogP contribution in [-0.2, 0) is 22.5 Å². The number of aryl methyl sites for hydroxylation is 1. The highest BCUT2D eigenvalue weighted by atomic mass is 32.2.